The van der Waals surface area contributed by atoms with E-state index >= 15 is 0 Å². The first-order chi connectivity index (χ1) is 11.9. The van der Waals surface area contributed by atoms with Crippen molar-refractivity contribution in [2.45, 2.75) is 19.5 Å². The molecule has 8 heteroatoms. The quantitative estimate of drug-likeness (QED) is 0.346. The molecule has 2 aromatic carbocycles. The Balaban J connectivity index is 0.00000338. The normalized spacial score (nSPS) is 11.9. The van der Waals surface area contributed by atoms with Crippen LogP contribution in [0.15, 0.2) is 41.4 Å². The van der Waals surface area contributed by atoms with Crippen LogP contribution in [0, 0.1) is 17.1 Å². The number of nitrogens with one attached hydrogen (secondary N) is 2. The molecule has 0 bridgehead atoms. The lowest BCUT2D eigenvalue weighted by Crippen LogP contribution is -2.38. The van der Waals surface area contributed by atoms with Crippen molar-refractivity contribution in [1.29, 1.82) is 5.26 Å². The van der Waals surface area contributed by atoms with Crippen LogP contribution in [0.25, 0.3) is 0 Å². The molecule has 2 aromatic rings. The minimum absolute atomic E-state index is 0. The Labute approximate surface area is 179 Å². The zero-order valence-corrected chi connectivity index (χ0v) is 18.0. The summed E-state index contributed by atoms with van der Waals surface area (Å²) >= 11 is 12.0. The van der Waals surface area contributed by atoms with E-state index in [1.54, 1.807) is 19.2 Å². The average Bonchev–Trinajstić information content (AvgIpc) is 2.61. The Bertz CT molecular complexity index is 836. The molecule has 138 valence electrons. The topological polar surface area (TPSA) is 60.2 Å². The lowest BCUT2D eigenvalue weighted by molar-refractivity contribution is 0.602. The summed E-state index contributed by atoms with van der Waals surface area (Å²) in [4.78, 5) is 4.13. The first-order valence-corrected chi connectivity index (χ1v) is 8.31. The lowest BCUT2D eigenvalue weighted by Gasteiger charge is -2.19. The number of rotatable bonds is 4. The molecule has 0 radical (unpaired) electrons. The maximum Gasteiger partial charge on any atom is 0.191 e. The molecule has 4 nitrogen and oxygen atoms in total. The second kappa shape index (κ2) is 10.6. The molecule has 0 amide bonds. The summed E-state index contributed by atoms with van der Waals surface area (Å²) < 4.78 is 13.8. The molecule has 0 spiro atoms. The van der Waals surface area contributed by atoms with E-state index in [4.69, 9.17) is 28.5 Å². The third-order valence-electron chi connectivity index (χ3n) is 3.64. The van der Waals surface area contributed by atoms with Crippen LogP contribution in [0.5, 0.6) is 0 Å². The molecular weight excluding hydrogens is 489 g/mol. The van der Waals surface area contributed by atoms with Crippen LogP contribution in [0.3, 0.4) is 0 Å². The first-order valence-electron chi connectivity index (χ1n) is 7.55. The Morgan fingerprint density at radius 1 is 1.23 bits per heavy atom. The Hall–Kier alpha value is -1.56. The number of benzene rings is 2. The number of aliphatic imine (C=N–C) groups is 1. The van der Waals surface area contributed by atoms with Crippen LogP contribution >= 0.6 is 47.2 Å². The molecule has 2 rings (SSSR count). The Kier molecular flexibility index (Phi) is 9.13. The minimum atomic E-state index is -0.375. The summed E-state index contributed by atoms with van der Waals surface area (Å²) in [7, 11) is 1.62. The van der Waals surface area contributed by atoms with Crippen molar-refractivity contribution < 1.29 is 4.39 Å². The van der Waals surface area contributed by atoms with E-state index in [0.717, 1.165) is 5.56 Å². The van der Waals surface area contributed by atoms with Crippen molar-refractivity contribution in [1.82, 2.24) is 10.6 Å². The third kappa shape index (κ3) is 6.01. The van der Waals surface area contributed by atoms with Gasteiger partial charge in [0.05, 0.1) is 27.7 Å². The van der Waals surface area contributed by atoms with Gasteiger partial charge in [-0.2, -0.15) is 5.26 Å². The van der Waals surface area contributed by atoms with Crippen molar-refractivity contribution >= 4 is 53.1 Å². The van der Waals surface area contributed by atoms with Crippen LogP contribution in [0.4, 0.5) is 4.39 Å². The van der Waals surface area contributed by atoms with E-state index in [1.165, 1.54) is 18.2 Å². The van der Waals surface area contributed by atoms with Crippen molar-refractivity contribution in [3.8, 4) is 6.07 Å². The molecule has 0 saturated carbocycles. The summed E-state index contributed by atoms with van der Waals surface area (Å²) in [6, 6.07) is 11.5. The molecule has 2 N–H and O–H groups in total. The Morgan fingerprint density at radius 3 is 2.58 bits per heavy atom. The predicted octanol–water partition coefficient (Wildman–Crippen LogP) is 5.05. The second-order valence-electron chi connectivity index (χ2n) is 5.38. The minimum Gasteiger partial charge on any atom is -0.352 e. The average molecular weight is 507 g/mol. The van der Waals surface area contributed by atoms with Crippen molar-refractivity contribution in [2.75, 3.05) is 7.05 Å². The van der Waals surface area contributed by atoms with Crippen LogP contribution < -0.4 is 10.6 Å². The highest BCUT2D eigenvalue weighted by molar-refractivity contribution is 14.0. The molecule has 0 aliphatic rings. The van der Waals surface area contributed by atoms with Gasteiger partial charge in [0.25, 0.3) is 0 Å². The van der Waals surface area contributed by atoms with E-state index in [2.05, 4.69) is 15.6 Å². The predicted molar refractivity (Wildman–Crippen MR) is 115 cm³/mol. The summed E-state index contributed by atoms with van der Waals surface area (Å²) in [5.41, 5.74) is 1.74. The number of nitrogens with zero attached hydrogens (tertiary/aromatic N) is 2. The monoisotopic (exact) mass is 506 g/mol. The molecule has 0 fully saturated rings. The van der Waals surface area contributed by atoms with Gasteiger partial charge in [0, 0.05) is 19.2 Å². The number of hydrogen-bond acceptors (Lipinski definition) is 2. The summed E-state index contributed by atoms with van der Waals surface area (Å²) in [6.45, 7) is 2.15. The van der Waals surface area contributed by atoms with Crippen molar-refractivity contribution in [3.63, 3.8) is 0 Å². The molecule has 0 heterocycles. The lowest BCUT2D eigenvalue weighted by atomic mass is 10.1. The van der Waals surface area contributed by atoms with E-state index in [9.17, 15) is 4.39 Å². The fourth-order valence-electron chi connectivity index (χ4n) is 2.22. The van der Waals surface area contributed by atoms with E-state index in [-0.39, 0.29) is 42.4 Å². The summed E-state index contributed by atoms with van der Waals surface area (Å²) in [6.07, 6.45) is 0. The van der Waals surface area contributed by atoms with Gasteiger partial charge in [-0.25, -0.2) is 4.39 Å². The SMILES string of the molecule is CN=C(NCc1cc(C#N)ccc1F)NC(C)c1ccc(Cl)c(Cl)c1.I. The van der Waals surface area contributed by atoms with Gasteiger partial charge in [0.1, 0.15) is 5.82 Å². The highest BCUT2D eigenvalue weighted by atomic mass is 127. The molecule has 1 atom stereocenters. The highest BCUT2D eigenvalue weighted by Crippen LogP contribution is 2.25. The summed E-state index contributed by atoms with van der Waals surface area (Å²) in [5, 5.41) is 16.1. The molecule has 0 aliphatic heterocycles. The van der Waals surface area contributed by atoms with E-state index in [0.29, 0.717) is 27.1 Å². The van der Waals surface area contributed by atoms with Gasteiger partial charge < -0.3 is 10.6 Å². The Morgan fingerprint density at radius 2 is 1.96 bits per heavy atom. The van der Waals surface area contributed by atoms with Gasteiger partial charge >= 0.3 is 0 Å². The zero-order valence-electron chi connectivity index (χ0n) is 14.2. The molecule has 1 unspecified atom stereocenters. The van der Waals surface area contributed by atoms with Gasteiger partial charge in [-0.3, -0.25) is 4.99 Å². The zero-order chi connectivity index (χ0) is 18.4. The van der Waals surface area contributed by atoms with Gasteiger partial charge in [0.15, 0.2) is 5.96 Å². The van der Waals surface area contributed by atoms with Crippen LogP contribution in [0.1, 0.15) is 29.7 Å². The van der Waals surface area contributed by atoms with Crippen LogP contribution in [0.2, 0.25) is 10.0 Å². The number of hydrogen-bond donors (Lipinski definition) is 2. The van der Waals surface area contributed by atoms with Gasteiger partial charge in [-0.15, -0.1) is 24.0 Å². The smallest absolute Gasteiger partial charge is 0.191 e. The molecule has 0 saturated heterocycles. The molecule has 0 aliphatic carbocycles. The van der Waals surface area contributed by atoms with Crippen molar-refractivity contribution in [3.05, 3.63) is 69.0 Å². The second-order valence-corrected chi connectivity index (χ2v) is 6.20. The number of nitriles is 1. The standard InChI is InChI=1S/C18H17Cl2FN4.HI/c1-11(13-4-5-15(19)16(20)8-13)25-18(23-2)24-10-14-7-12(9-22)3-6-17(14)21;/h3-8,11H,10H2,1-2H3,(H2,23,24,25);1H. The molecule has 26 heavy (non-hydrogen) atoms. The number of halogens is 4. The first kappa shape index (κ1) is 22.5. The summed E-state index contributed by atoms with van der Waals surface area (Å²) in [5.74, 6) is 0.125. The molecule has 0 aromatic heterocycles. The fraction of sp³-hybridized carbons (Fsp3) is 0.222. The van der Waals surface area contributed by atoms with Gasteiger partial charge in [0.2, 0.25) is 0 Å². The van der Waals surface area contributed by atoms with E-state index < -0.39 is 0 Å². The highest BCUT2D eigenvalue weighted by Gasteiger charge is 2.11. The largest absolute Gasteiger partial charge is 0.352 e. The van der Waals surface area contributed by atoms with E-state index in [1.807, 2.05) is 19.1 Å². The number of guanidine groups is 1. The fourth-order valence-corrected chi connectivity index (χ4v) is 2.53. The maximum atomic E-state index is 13.8. The van der Waals surface area contributed by atoms with Crippen molar-refractivity contribution in [2.24, 2.45) is 4.99 Å². The van der Waals surface area contributed by atoms with Crippen LogP contribution in [-0.2, 0) is 6.54 Å². The molecular formula is C18H18Cl2FIN4. The third-order valence-corrected chi connectivity index (χ3v) is 4.38. The maximum absolute atomic E-state index is 13.8. The van der Waals surface area contributed by atoms with Gasteiger partial charge in [-0.1, -0.05) is 29.3 Å². The van der Waals surface area contributed by atoms with Gasteiger partial charge in [-0.05, 0) is 42.8 Å². The van der Waals surface area contributed by atoms with Crippen LogP contribution in [-0.4, -0.2) is 13.0 Å².